The fraction of sp³-hybridized carbons (Fsp3) is 0.918. The molecule has 0 radical (unpaired) electrons. The molecule has 7 fully saturated rings. The van der Waals surface area contributed by atoms with Gasteiger partial charge in [-0.15, -0.1) is 0 Å². The number of carboxylic acids is 1. The normalized spacial score (nSPS) is 37.7. The number of allylic oxidation sites excluding steroid dienone is 1. The summed E-state index contributed by atoms with van der Waals surface area (Å²) in [6.07, 6.45) is -40.3. The van der Waals surface area contributed by atoms with Crippen LogP contribution in [0.25, 0.3) is 0 Å². The van der Waals surface area contributed by atoms with E-state index in [0.29, 0.717) is 12.8 Å². The molecule has 4 amide bonds. The zero-order valence-electron chi connectivity index (χ0n) is 74.9. The van der Waals surface area contributed by atoms with Gasteiger partial charge >= 0.3 is 5.97 Å². The number of unbranched alkanes of at least 4 members (excludes halogenated alkanes) is 23. The monoisotopic (exact) mass is 1880 g/mol. The van der Waals surface area contributed by atoms with Crippen LogP contribution in [0, 0.1) is 0 Å². The second kappa shape index (κ2) is 57.2. The third-order valence-corrected chi connectivity index (χ3v) is 24.7. The lowest BCUT2D eigenvalue weighted by atomic mass is 9.88. The molecule has 0 bridgehead atoms. The van der Waals surface area contributed by atoms with Gasteiger partial charge in [0.15, 0.2) is 37.7 Å². The number of carbonyl (C=O) groups excluding carboxylic acids is 4. The number of aliphatic carboxylic acids is 1. The fourth-order valence-electron chi connectivity index (χ4n) is 17.3. The van der Waals surface area contributed by atoms with E-state index in [1.165, 1.54) is 89.5 Å². The van der Waals surface area contributed by atoms with Crippen molar-refractivity contribution in [3.63, 3.8) is 0 Å². The predicted molar refractivity (Wildman–Crippen MR) is 446 cm³/mol. The number of aliphatic hydroxyl groups excluding tert-OH is 21. The second-order valence-electron chi connectivity index (χ2n) is 34.9. The Hall–Kier alpha value is -4.31. The fourth-order valence-corrected chi connectivity index (χ4v) is 17.3. The molecule has 7 aliphatic rings. The number of ether oxygens (including phenoxy) is 14. The quantitative estimate of drug-likeness (QED) is 0.0199. The number of aliphatic hydroxyl groups is 21. The average molecular weight is 1880 g/mol. The first-order valence-corrected chi connectivity index (χ1v) is 46.1. The first kappa shape index (κ1) is 113. The largest absolute Gasteiger partial charge is 0.477 e. The summed E-state index contributed by atoms with van der Waals surface area (Å²) in [5, 5.41) is 259. The van der Waals surface area contributed by atoms with Crippen molar-refractivity contribution in [3.8, 4) is 0 Å². The van der Waals surface area contributed by atoms with Crippen molar-refractivity contribution in [2.75, 3.05) is 52.9 Å². The van der Waals surface area contributed by atoms with Crippen molar-refractivity contribution < 1.29 is 203 Å². The van der Waals surface area contributed by atoms with E-state index in [0.717, 1.165) is 85.0 Å². The molecule has 7 heterocycles. The molecule has 45 heteroatoms. The van der Waals surface area contributed by atoms with E-state index in [1.807, 2.05) is 0 Å². The molecule has 7 saturated heterocycles. The highest BCUT2D eigenvalue weighted by Gasteiger charge is 2.63. The summed E-state index contributed by atoms with van der Waals surface area (Å²) in [5.74, 6) is -8.48. The van der Waals surface area contributed by atoms with Gasteiger partial charge in [0, 0.05) is 33.6 Å². The number of amides is 4. The van der Waals surface area contributed by atoms with Gasteiger partial charge in [-0.1, -0.05) is 167 Å². The highest BCUT2D eigenvalue weighted by molar-refractivity contribution is 5.77. The number of carboxylic acid groups (broad SMARTS) is 1. The molecule has 14 unspecified atom stereocenters. The molecule has 0 aliphatic carbocycles. The van der Waals surface area contributed by atoms with Gasteiger partial charge in [0.25, 0.3) is 5.79 Å². The lowest BCUT2D eigenvalue weighted by Gasteiger charge is -2.52. The summed E-state index contributed by atoms with van der Waals surface area (Å²) in [4.78, 5) is 65.1. The SMILES string of the molecule is CCCCCCCCCCCCC/C=C/[C@@H](O)[C@H](CO[C@@H]1OC(CO)[C@@H](O[C@@H]2OC(CO)[C@H](O[C@@H]3OC(CO)[C@H](O)[C@H](O)C3NC(C)=O)[C@H](O[C@H]3OC(CO)[C@H](O)[C@H](O[C@@H]4OC(CO)[C@@H](O[C@@H]5OC(CO)[C@H](O)[C@H](O[C@]6(C(=O)O)CC(O)[C@@H](NC(C)=O)C([C@H](O)[C@H](O)CO)O6)C5O)[C@H](O)C4NC(C)=O)C3O)C2O)[C@H](O)C1O)NC(=O)CCCCCCCCCCCCCCC. The number of rotatable bonds is 57. The van der Waals surface area contributed by atoms with E-state index < -0.39 is 321 Å². The molecule has 0 aromatic carbocycles. The molecule has 0 spiro atoms. The minimum Gasteiger partial charge on any atom is -0.477 e. The van der Waals surface area contributed by atoms with E-state index in [4.69, 9.17) is 66.3 Å². The highest BCUT2D eigenvalue weighted by Crippen LogP contribution is 2.42. The Balaban J connectivity index is 1.12. The van der Waals surface area contributed by atoms with E-state index in [1.54, 1.807) is 6.08 Å². The van der Waals surface area contributed by atoms with Crippen molar-refractivity contribution >= 4 is 29.6 Å². The molecule has 7 aliphatic heterocycles. The Bertz CT molecular complexity index is 3260. The van der Waals surface area contributed by atoms with Gasteiger partial charge < -0.3 is 200 Å². The maximum absolute atomic E-state index is 13.7. The summed E-state index contributed by atoms with van der Waals surface area (Å²) < 4.78 is 84.1. The smallest absolute Gasteiger partial charge is 0.364 e. The lowest BCUT2D eigenvalue weighted by Crippen LogP contribution is -2.71. The van der Waals surface area contributed by atoms with E-state index in [2.05, 4.69) is 35.1 Å². The van der Waals surface area contributed by atoms with Gasteiger partial charge in [0.05, 0.1) is 77.1 Å². The predicted octanol–water partition coefficient (Wildman–Crippen LogP) is -6.03. The standard InChI is InChI=1S/C85H150N4O41/c1-6-8-10-12-14-16-18-20-22-24-26-28-30-32-47(100)46(89-56(103)33-31-29-27-25-23-21-19-17-15-13-11-9-7-2)42-117-80-67(111)66(110)72(54(40-95)122-80)125-83-70(114)77(73(55(41-96)123-83)126-78-58(87-44(4)98)64(108)61(105)50(36-91)118-78)128-81-68(112)75(62(106)51(37-92)119-81)127-79-59(88-45(5)99)65(109)71(53(39-94)121-79)124-82-69(113)76(63(107)52(38-93)120-82)130-85(84(115)116)34-48(101)57(86-43(3)97)74(129-85)60(104)49(102)35-90/h30,32,46-55,57-83,90-96,100-102,104-114H,6-29,31,33-42H2,1-5H3,(H,86,97)(H,87,98)(H,88,99)(H,89,103)(H,115,116)/b32-30+/t46-,47+,48?,49+,50?,51?,52?,53?,54?,55?,57+,58?,59?,60+,61-,62-,63-,64+,65+,66+,67?,68?,69?,70?,71+,72+,73-,74?,75-,76-,77+,78-,79-,80+,81+,82-,83-,85-/m0/s1. The second-order valence-corrected chi connectivity index (χ2v) is 34.9. The number of hydrogen-bond acceptors (Lipinski definition) is 40. The van der Waals surface area contributed by atoms with Gasteiger partial charge in [-0.25, -0.2) is 4.79 Å². The van der Waals surface area contributed by atoms with Crippen LogP contribution in [-0.4, -0.2) is 427 Å². The summed E-state index contributed by atoms with van der Waals surface area (Å²) in [6, 6.07) is -6.67. The average Bonchev–Trinajstić information content (AvgIpc) is 0.734. The van der Waals surface area contributed by atoms with Gasteiger partial charge in [-0.2, -0.15) is 0 Å². The number of hydrogen-bond donors (Lipinski definition) is 26. The van der Waals surface area contributed by atoms with Crippen LogP contribution in [0.15, 0.2) is 12.2 Å². The van der Waals surface area contributed by atoms with Crippen LogP contribution < -0.4 is 21.3 Å². The van der Waals surface area contributed by atoms with Crippen LogP contribution in [-0.2, 0) is 90.3 Å². The third kappa shape index (κ3) is 31.9. The molecule has 45 nitrogen and oxygen atoms in total. The molecule has 0 saturated carbocycles. The van der Waals surface area contributed by atoms with Crippen LogP contribution in [0.1, 0.15) is 208 Å². The van der Waals surface area contributed by atoms with E-state index in [9.17, 15) is 136 Å². The first-order valence-electron chi connectivity index (χ1n) is 46.1. The molecular weight excluding hydrogens is 1730 g/mol. The summed E-state index contributed by atoms with van der Waals surface area (Å²) in [5.41, 5.74) is 0. The summed E-state index contributed by atoms with van der Waals surface area (Å²) >= 11 is 0. The van der Waals surface area contributed by atoms with Gasteiger partial charge in [-0.05, 0) is 19.3 Å². The number of nitrogens with one attached hydrogen (secondary N) is 4. The Morgan fingerprint density at radius 1 is 0.400 bits per heavy atom. The topological polar surface area (TPSA) is 708 Å². The van der Waals surface area contributed by atoms with Crippen LogP contribution in [0.2, 0.25) is 0 Å². The molecule has 38 atom stereocenters. The zero-order valence-corrected chi connectivity index (χ0v) is 74.9. The van der Waals surface area contributed by atoms with Crippen molar-refractivity contribution in [1.29, 1.82) is 0 Å². The molecule has 0 aromatic heterocycles. The van der Waals surface area contributed by atoms with Gasteiger partial charge in [0.2, 0.25) is 23.6 Å². The Morgan fingerprint density at radius 2 is 0.777 bits per heavy atom. The molecule has 26 N–H and O–H groups in total. The maximum atomic E-state index is 13.7. The summed E-state index contributed by atoms with van der Waals surface area (Å²) in [7, 11) is 0. The summed E-state index contributed by atoms with van der Waals surface area (Å²) in [6.45, 7) is -1.29. The molecule has 130 heavy (non-hydrogen) atoms. The maximum Gasteiger partial charge on any atom is 0.364 e. The van der Waals surface area contributed by atoms with Gasteiger partial charge in [-0.3, -0.25) is 19.2 Å². The molecule has 0 aromatic rings. The van der Waals surface area contributed by atoms with E-state index >= 15 is 0 Å². The molecule has 7 rings (SSSR count). The van der Waals surface area contributed by atoms with Crippen LogP contribution in [0.4, 0.5) is 0 Å². The lowest BCUT2D eigenvalue weighted by molar-refractivity contribution is -0.402. The van der Waals surface area contributed by atoms with Crippen LogP contribution >= 0.6 is 0 Å². The van der Waals surface area contributed by atoms with Crippen LogP contribution in [0.3, 0.4) is 0 Å². The first-order chi connectivity index (χ1) is 62.1. The van der Waals surface area contributed by atoms with Gasteiger partial charge in [0.1, 0.15) is 165 Å². The molecular formula is C85H150N4O41. The minimum absolute atomic E-state index is 0.118. The Morgan fingerprint density at radius 3 is 1.25 bits per heavy atom. The van der Waals surface area contributed by atoms with E-state index in [-0.39, 0.29) is 6.42 Å². The minimum atomic E-state index is -3.27. The van der Waals surface area contributed by atoms with Crippen molar-refractivity contribution in [2.45, 2.75) is 440 Å². The van der Waals surface area contributed by atoms with Crippen LogP contribution in [0.5, 0.6) is 0 Å². The zero-order chi connectivity index (χ0) is 95.6. The molecule has 756 valence electrons. The third-order valence-electron chi connectivity index (χ3n) is 24.7. The Labute approximate surface area is 756 Å². The van der Waals surface area contributed by atoms with Crippen molar-refractivity contribution in [1.82, 2.24) is 21.3 Å². The Kier molecular flexibility index (Phi) is 49.5. The highest BCUT2D eigenvalue weighted by atomic mass is 16.8. The van der Waals surface area contributed by atoms with Crippen molar-refractivity contribution in [2.24, 2.45) is 0 Å². The van der Waals surface area contributed by atoms with Crippen molar-refractivity contribution in [3.05, 3.63) is 12.2 Å². The number of carbonyl (C=O) groups is 5.